The molecule has 2 aromatic carbocycles. The Balaban J connectivity index is 1.69. The van der Waals surface area contributed by atoms with E-state index >= 15 is 0 Å². The van der Waals surface area contributed by atoms with Crippen molar-refractivity contribution < 1.29 is 4.74 Å². The molecule has 0 bridgehead atoms. The van der Waals surface area contributed by atoms with E-state index in [4.69, 9.17) is 16.3 Å². The Morgan fingerprint density at radius 3 is 2.38 bits per heavy atom. The summed E-state index contributed by atoms with van der Waals surface area (Å²) in [5.41, 5.74) is 2.92. The van der Waals surface area contributed by atoms with Crippen molar-refractivity contribution in [3.05, 3.63) is 77.7 Å². The molecule has 0 fully saturated rings. The number of hydrogen-bond acceptors (Lipinski definition) is 3. The Labute approximate surface area is 128 Å². The molecule has 0 amide bonds. The van der Waals surface area contributed by atoms with Crippen LogP contribution in [0.25, 0.3) is 11.3 Å². The van der Waals surface area contributed by atoms with Crippen LogP contribution >= 0.6 is 11.6 Å². The molecule has 0 saturated heterocycles. The molecule has 0 aliphatic carbocycles. The van der Waals surface area contributed by atoms with E-state index in [2.05, 4.69) is 9.97 Å². The minimum atomic E-state index is 0.247. The Morgan fingerprint density at radius 1 is 0.905 bits per heavy atom. The summed E-state index contributed by atoms with van der Waals surface area (Å²) in [5.74, 6) is 0.822. The van der Waals surface area contributed by atoms with E-state index in [1.165, 1.54) is 0 Å². The molecule has 3 nitrogen and oxygen atoms in total. The van der Waals surface area contributed by atoms with Crippen LogP contribution in [0.1, 0.15) is 5.56 Å². The van der Waals surface area contributed by atoms with Crippen molar-refractivity contribution in [1.82, 2.24) is 9.97 Å². The third-order valence-corrected chi connectivity index (χ3v) is 3.21. The van der Waals surface area contributed by atoms with E-state index < -0.39 is 0 Å². The Bertz CT molecular complexity index is 714. The molecule has 1 aromatic heterocycles. The van der Waals surface area contributed by atoms with Crippen LogP contribution in [0.5, 0.6) is 5.75 Å². The summed E-state index contributed by atoms with van der Waals surface area (Å²) < 4.78 is 5.75. The fraction of sp³-hybridized carbons (Fsp3) is 0.0588. The number of ether oxygens (including phenoxy) is 1. The van der Waals surface area contributed by atoms with Gasteiger partial charge in [-0.05, 0) is 47.5 Å². The third-order valence-electron chi connectivity index (χ3n) is 3.02. The summed E-state index contributed by atoms with van der Waals surface area (Å²) in [4.78, 5) is 8.06. The first-order valence-corrected chi connectivity index (χ1v) is 6.95. The summed E-state index contributed by atoms with van der Waals surface area (Å²) in [5, 5.41) is 0.247. The fourth-order valence-electron chi connectivity index (χ4n) is 1.96. The number of hydrogen-bond donors (Lipinski definition) is 0. The predicted molar refractivity (Wildman–Crippen MR) is 83.3 cm³/mol. The molecule has 3 aromatic rings. The average Bonchev–Trinajstić information content (AvgIpc) is 2.54. The van der Waals surface area contributed by atoms with Crippen LogP contribution < -0.4 is 4.74 Å². The van der Waals surface area contributed by atoms with Crippen molar-refractivity contribution in [1.29, 1.82) is 0 Å². The van der Waals surface area contributed by atoms with Crippen LogP contribution in [0.15, 0.2) is 66.9 Å². The largest absolute Gasteiger partial charge is 0.489 e. The van der Waals surface area contributed by atoms with Gasteiger partial charge in [0.25, 0.3) is 0 Å². The first-order chi connectivity index (χ1) is 10.3. The number of aromatic nitrogens is 2. The molecule has 0 saturated carbocycles. The third kappa shape index (κ3) is 3.58. The van der Waals surface area contributed by atoms with Crippen molar-refractivity contribution in [3.63, 3.8) is 0 Å². The van der Waals surface area contributed by atoms with E-state index in [0.29, 0.717) is 6.61 Å². The number of nitrogens with zero attached hydrogens (tertiary/aromatic N) is 2. The quantitative estimate of drug-likeness (QED) is 0.670. The van der Waals surface area contributed by atoms with Gasteiger partial charge in [0, 0.05) is 11.8 Å². The van der Waals surface area contributed by atoms with Gasteiger partial charge in [0.05, 0.1) is 5.69 Å². The minimum absolute atomic E-state index is 0.247. The Kier molecular flexibility index (Phi) is 4.12. The lowest BCUT2D eigenvalue weighted by molar-refractivity contribution is 0.306. The molecule has 0 aliphatic heterocycles. The second-order valence-corrected chi connectivity index (χ2v) is 4.85. The van der Waals surface area contributed by atoms with Gasteiger partial charge >= 0.3 is 0 Å². The van der Waals surface area contributed by atoms with Crippen molar-refractivity contribution in [2.75, 3.05) is 0 Å². The van der Waals surface area contributed by atoms with Crippen molar-refractivity contribution in [2.45, 2.75) is 6.61 Å². The Hall–Kier alpha value is -2.39. The smallest absolute Gasteiger partial charge is 0.222 e. The maximum atomic E-state index is 5.80. The van der Waals surface area contributed by atoms with Gasteiger partial charge in [-0.1, -0.05) is 30.3 Å². The van der Waals surface area contributed by atoms with Gasteiger partial charge in [0.2, 0.25) is 5.28 Å². The van der Waals surface area contributed by atoms with Gasteiger partial charge in [0.1, 0.15) is 12.4 Å². The normalized spacial score (nSPS) is 10.3. The van der Waals surface area contributed by atoms with Crippen LogP contribution in [0.3, 0.4) is 0 Å². The summed E-state index contributed by atoms with van der Waals surface area (Å²) in [7, 11) is 0. The summed E-state index contributed by atoms with van der Waals surface area (Å²) in [6, 6.07) is 19.7. The molecule has 0 atom stereocenters. The number of benzene rings is 2. The van der Waals surface area contributed by atoms with Gasteiger partial charge in [-0.25, -0.2) is 9.97 Å². The number of halogens is 1. The van der Waals surface area contributed by atoms with Crippen molar-refractivity contribution in [2.24, 2.45) is 0 Å². The zero-order chi connectivity index (χ0) is 14.5. The van der Waals surface area contributed by atoms with Gasteiger partial charge in [-0.2, -0.15) is 0 Å². The minimum Gasteiger partial charge on any atom is -0.489 e. The lowest BCUT2D eigenvalue weighted by Gasteiger charge is -2.07. The van der Waals surface area contributed by atoms with Crippen LogP contribution in [-0.4, -0.2) is 9.97 Å². The highest BCUT2D eigenvalue weighted by molar-refractivity contribution is 6.28. The van der Waals surface area contributed by atoms with Gasteiger partial charge in [-0.15, -0.1) is 0 Å². The van der Waals surface area contributed by atoms with Crippen molar-refractivity contribution in [3.8, 4) is 17.0 Å². The van der Waals surface area contributed by atoms with Crippen molar-refractivity contribution >= 4 is 11.6 Å². The monoisotopic (exact) mass is 296 g/mol. The molecule has 1 heterocycles. The first kappa shape index (κ1) is 13.6. The highest BCUT2D eigenvalue weighted by atomic mass is 35.5. The molecule has 0 aliphatic rings. The highest BCUT2D eigenvalue weighted by Crippen LogP contribution is 2.21. The molecule has 3 rings (SSSR count). The maximum absolute atomic E-state index is 5.80. The zero-order valence-corrected chi connectivity index (χ0v) is 12.0. The average molecular weight is 297 g/mol. The standard InChI is InChI=1S/C17H13ClN2O/c18-17-19-11-10-16(20-17)14-6-8-15(9-7-14)21-12-13-4-2-1-3-5-13/h1-11H,12H2. The molecule has 0 spiro atoms. The number of rotatable bonds is 4. The summed E-state index contributed by atoms with van der Waals surface area (Å²) >= 11 is 5.80. The topological polar surface area (TPSA) is 35.0 Å². The molecule has 4 heteroatoms. The summed E-state index contributed by atoms with van der Waals surface area (Å²) in [6.07, 6.45) is 1.64. The van der Waals surface area contributed by atoms with Gasteiger partial charge in [-0.3, -0.25) is 0 Å². The molecule has 0 unspecified atom stereocenters. The maximum Gasteiger partial charge on any atom is 0.222 e. The lowest BCUT2D eigenvalue weighted by atomic mass is 10.1. The second-order valence-electron chi connectivity index (χ2n) is 4.51. The second kappa shape index (κ2) is 6.37. The first-order valence-electron chi connectivity index (χ1n) is 6.57. The van der Waals surface area contributed by atoms with E-state index in [1.54, 1.807) is 6.20 Å². The van der Waals surface area contributed by atoms with E-state index in [1.807, 2.05) is 60.7 Å². The molecule has 104 valence electrons. The summed E-state index contributed by atoms with van der Waals surface area (Å²) in [6.45, 7) is 0.555. The SMILES string of the molecule is Clc1nccc(-c2ccc(OCc3ccccc3)cc2)n1. The van der Waals surface area contributed by atoms with Crippen LogP contribution in [0.2, 0.25) is 5.28 Å². The zero-order valence-electron chi connectivity index (χ0n) is 11.2. The molecule has 0 radical (unpaired) electrons. The van der Waals surface area contributed by atoms with E-state index in [0.717, 1.165) is 22.6 Å². The molecular weight excluding hydrogens is 284 g/mol. The lowest BCUT2D eigenvalue weighted by Crippen LogP contribution is -1.94. The van der Waals surface area contributed by atoms with Crippen LogP contribution in [0.4, 0.5) is 0 Å². The Morgan fingerprint density at radius 2 is 1.67 bits per heavy atom. The van der Waals surface area contributed by atoms with Gasteiger partial charge in [0.15, 0.2) is 0 Å². The van der Waals surface area contributed by atoms with Crippen LogP contribution in [0, 0.1) is 0 Å². The van der Waals surface area contributed by atoms with Gasteiger partial charge < -0.3 is 4.74 Å². The highest BCUT2D eigenvalue weighted by Gasteiger charge is 2.02. The molecule has 21 heavy (non-hydrogen) atoms. The molecule has 0 N–H and O–H groups in total. The molecular formula is C17H13ClN2O. The predicted octanol–water partition coefficient (Wildman–Crippen LogP) is 4.38. The van der Waals surface area contributed by atoms with Crippen LogP contribution in [-0.2, 0) is 6.61 Å². The van der Waals surface area contributed by atoms with E-state index in [9.17, 15) is 0 Å². The van der Waals surface area contributed by atoms with E-state index in [-0.39, 0.29) is 5.28 Å². The fourth-order valence-corrected chi connectivity index (χ4v) is 2.11.